The highest BCUT2D eigenvalue weighted by molar-refractivity contribution is 7.80. The maximum absolute atomic E-state index is 12.0. The van der Waals surface area contributed by atoms with Gasteiger partial charge in [0.05, 0.1) is 18.9 Å². The SMILES string of the molecule is COC(=O)[C@H]([C@H](O)C(C)C)N(c1ccc(C)cc1)S(=O)O. The molecule has 118 valence electrons. The molecule has 0 aliphatic heterocycles. The lowest BCUT2D eigenvalue weighted by Gasteiger charge is -2.32. The number of aliphatic hydroxyl groups excluding tert-OH is 1. The molecule has 0 spiro atoms. The minimum absolute atomic E-state index is 0.286. The largest absolute Gasteiger partial charge is 0.467 e. The zero-order valence-corrected chi connectivity index (χ0v) is 13.3. The van der Waals surface area contributed by atoms with Crippen LogP contribution in [0.2, 0.25) is 0 Å². The first-order valence-corrected chi connectivity index (χ1v) is 7.58. The lowest BCUT2D eigenvalue weighted by Crippen LogP contribution is -2.52. The Bertz CT molecular complexity index is 503. The summed E-state index contributed by atoms with van der Waals surface area (Å²) in [6, 6.07) is 5.48. The smallest absolute Gasteiger partial charge is 0.332 e. The summed E-state index contributed by atoms with van der Waals surface area (Å²) in [7, 11) is 1.18. The molecule has 0 aliphatic rings. The molecule has 1 rings (SSSR count). The van der Waals surface area contributed by atoms with Crippen molar-refractivity contribution >= 4 is 22.9 Å². The highest BCUT2D eigenvalue weighted by atomic mass is 32.2. The van der Waals surface area contributed by atoms with E-state index in [1.165, 1.54) is 7.11 Å². The molecule has 0 radical (unpaired) electrons. The fourth-order valence-corrected chi connectivity index (χ4v) is 2.61. The Morgan fingerprint density at radius 3 is 2.19 bits per heavy atom. The van der Waals surface area contributed by atoms with Crippen LogP contribution in [0.5, 0.6) is 0 Å². The summed E-state index contributed by atoms with van der Waals surface area (Å²) in [6.07, 6.45) is -1.14. The van der Waals surface area contributed by atoms with Crippen LogP contribution in [-0.2, 0) is 20.8 Å². The molecule has 3 atom stereocenters. The molecule has 1 aromatic rings. The molecule has 0 fully saturated rings. The van der Waals surface area contributed by atoms with E-state index >= 15 is 0 Å². The van der Waals surface area contributed by atoms with Crippen LogP contribution < -0.4 is 4.31 Å². The molecular formula is C14H21NO5S. The second kappa shape index (κ2) is 7.53. The molecule has 1 aromatic carbocycles. The van der Waals surface area contributed by atoms with Gasteiger partial charge in [0.15, 0.2) is 6.04 Å². The topological polar surface area (TPSA) is 87.1 Å². The second-order valence-electron chi connectivity index (χ2n) is 5.09. The standard InChI is InChI=1S/C14H21NO5S/c1-9(2)13(16)12(14(17)20-4)15(21(18)19)11-7-5-10(3)6-8-11/h5-9,12-13,16H,1-4H3,(H,18,19)/t12-,13+/m0/s1. The number of hydrogen-bond acceptors (Lipinski definition) is 4. The van der Waals surface area contributed by atoms with E-state index in [2.05, 4.69) is 4.74 Å². The predicted molar refractivity (Wildman–Crippen MR) is 81.1 cm³/mol. The van der Waals surface area contributed by atoms with E-state index in [0.29, 0.717) is 5.69 Å². The first-order chi connectivity index (χ1) is 9.79. The van der Waals surface area contributed by atoms with Crippen molar-refractivity contribution in [2.75, 3.05) is 11.4 Å². The highest BCUT2D eigenvalue weighted by Crippen LogP contribution is 2.24. The van der Waals surface area contributed by atoms with Gasteiger partial charge in [0.25, 0.3) is 11.3 Å². The first kappa shape index (κ1) is 17.6. The molecule has 21 heavy (non-hydrogen) atoms. The van der Waals surface area contributed by atoms with Gasteiger partial charge in [0.2, 0.25) is 0 Å². The number of rotatable bonds is 6. The number of carbonyl (C=O) groups is 1. The summed E-state index contributed by atoms with van der Waals surface area (Å²) in [5.74, 6) is -1.05. The van der Waals surface area contributed by atoms with E-state index in [9.17, 15) is 18.7 Å². The Morgan fingerprint density at radius 1 is 1.29 bits per heavy atom. The number of methoxy groups -OCH3 is 1. The van der Waals surface area contributed by atoms with Crippen LogP contribution in [0.15, 0.2) is 24.3 Å². The lowest BCUT2D eigenvalue weighted by molar-refractivity contribution is -0.145. The maximum atomic E-state index is 12.0. The van der Waals surface area contributed by atoms with Crippen molar-refractivity contribution in [2.45, 2.75) is 32.9 Å². The predicted octanol–water partition coefficient (Wildman–Crippen LogP) is 1.50. The molecule has 0 saturated heterocycles. The molecule has 0 bridgehead atoms. The van der Waals surface area contributed by atoms with E-state index in [1.807, 2.05) is 6.92 Å². The molecule has 2 N–H and O–H groups in total. The summed E-state index contributed by atoms with van der Waals surface area (Å²) in [6.45, 7) is 5.31. The molecule has 0 aromatic heterocycles. The van der Waals surface area contributed by atoms with Crippen LogP contribution in [0.1, 0.15) is 19.4 Å². The molecule has 6 nitrogen and oxygen atoms in total. The van der Waals surface area contributed by atoms with Gasteiger partial charge in [-0.25, -0.2) is 9.00 Å². The average Bonchev–Trinajstić information content (AvgIpc) is 2.44. The number of esters is 1. The van der Waals surface area contributed by atoms with Crippen molar-refractivity contribution in [1.29, 1.82) is 0 Å². The van der Waals surface area contributed by atoms with Gasteiger partial charge in [-0.05, 0) is 25.0 Å². The second-order valence-corrected chi connectivity index (χ2v) is 5.95. The number of carbonyl (C=O) groups excluding carboxylic acids is 1. The van der Waals surface area contributed by atoms with Crippen LogP contribution >= 0.6 is 0 Å². The third-order valence-corrected chi connectivity index (χ3v) is 3.93. The van der Waals surface area contributed by atoms with Crippen LogP contribution in [-0.4, -0.2) is 39.1 Å². The summed E-state index contributed by atoms with van der Waals surface area (Å²) >= 11 is -2.48. The highest BCUT2D eigenvalue weighted by Gasteiger charge is 2.38. The quantitative estimate of drug-likeness (QED) is 0.613. The van der Waals surface area contributed by atoms with Gasteiger partial charge < -0.3 is 9.84 Å². The Hall–Kier alpha value is -1.44. The number of ether oxygens (including phenoxy) is 1. The number of nitrogens with zero attached hydrogens (tertiary/aromatic N) is 1. The number of benzene rings is 1. The number of aliphatic hydroxyl groups is 1. The van der Waals surface area contributed by atoms with Crippen LogP contribution in [0.3, 0.4) is 0 Å². The Balaban J connectivity index is 3.29. The van der Waals surface area contributed by atoms with Gasteiger partial charge in [0, 0.05) is 0 Å². The summed E-state index contributed by atoms with van der Waals surface area (Å²) < 4.78 is 26.9. The van der Waals surface area contributed by atoms with Gasteiger partial charge in [-0.3, -0.25) is 8.86 Å². The van der Waals surface area contributed by atoms with Crippen molar-refractivity contribution in [2.24, 2.45) is 5.92 Å². The fraction of sp³-hybridized carbons (Fsp3) is 0.500. The summed E-state index contributed by atoms with van der Waals surface area (Å²) in [4.78, 5) is 12.0. The van der Waals surface area contributed by atoms with E-state index in [4.69, 9.17) is 0 Å². The van der Waals surface area contributed by atoms with E-state index in [1.54, 1.807) is 38.1 Å². The van der Waals surface area contributed by atoms with E-state index < -0.39 is 29.4 Å². The Kier molecular flexibility index (Phi) is 6.32. The molecule has 0 aliphatic carbocycles. The molecule has 0 saturated carbocycles. The zero-order chi connectivity index (χ0) is 16.2. The van der Waals surface area contributed by atoms with Crippen LogP contribution in [0.4, 0.5) is 5.69 Å². The fourth-order valence-electron chi connectivity index (χ4n) is 1.90. The third-order valence-electron chi connectivity index (χ3n) is 3.16. The number of hydrogen-bond donors (Lipinski definition) is 2. The molecular weight excluding hydrogens is 294 g/mol. The van der Waals surface area contributed by atoms with E-state index in [0.717, 1.165) is 9.87 Å². The minimum atomic E-state index is -2.48. The monoisotopic (exact) mass is 315 g/mol. The van der Waals surface area contributed by atoms with Gasteiger partial charge in [-0.1, -0.05) is 31.5 Å². The van der Waals surface area contributed by atoms with Crippen LogP contribution in [0.25, 0.3) is 0 Å². The van der Waals surface area contributed by atoms with E-state index in [-0.39, 0.29) is 5.92 Å². The van der Waals surface area contributed by atoms with Crippen molar-refractivity contribution in [3.05, 3.63) is 29.8 Å². The first-order valence-electron chi connectivity index (χ1n) is 6.52. The third kappa shape index (κ3) is 4.26. The summed E-state index contributed by atoms with van der Waals surface area (Å²) in [5.41, 5.74) is 1.33. The van der Waals surface area contributed by atoms with Gasteiger partial charge in [-0.2, -0.15) is 0 Å². The van der Waals surface area contributed by atoms with Gasteiger partial charge >= 0.3 is 5.97 Å². The zero-order valence-electron chi connectivity index (χ0n) is 12.5. The lowest BCUT2D eigenvalue weighted by atomic mass is 9.99. The molecule has 7 heteroatoms. The Labute approximate surface area is 127 Å². The maximum Gasteiger partial charge on any atom is 0.332 e. The van der Waals surface area contributed by atoms with Gasteiger partial charge in [-0.15, -0.1) is 0 Å². The van der Waals surface area contributed by atoms with Gasteiger partial charge in [0.1, 0.15) is 0 Å². The van der Waals surface area contributed by atoms with Crippen LogP contribution in [0, 0.1) is 12.8 Å². The van der Waals surface area contributed by atoms with Crippen molar-refractivity contribution in [1.82, 2.24) is 0 Å². The summed E-state index contributed by atoms with van der Waals surface area (Å²) in [5, 5.41) is 10.2. The van der Waals surface area contributed by atoms with Crippen molar-refractivity contribution in [3.63, 3.8) is 0 Å². The average molecular weight is 315 g/mol. The molecule has 0 amide bonds. The normalized spacial score (nSPS) is 15.4. The number of anilines is 1. The van der Waals surface area contributed by atoms with Crippen molar-refractivity contribution < 1.29 is 23.4 Å². The molecule has 1 unspecified atom stereocenters. The Morgan fingerprint density at radius 2 is 1.81 bits per heavy atom. The molecule has 0 heterocycles. The number of aryl methyl sites for hydroxylation is 1. The minimum Gasteiger partial charge on any atom is -0.467 e. The van der Waals surface area contributed by atoms with Crippen molar-refractivity contribution in [3.8, 4) is 0 Å².